The molecule has 3 rings (SSSR count). The van der Waals surface area contributed by atoms with Crippen LogP contribution in [0.1, 0.15) is 26.3 Å². The minimum absolute atomic E-state index is 0.0454. The smallest absolute Gasteiger partial charge is 0.251 e. The lowest BCUT2D eigenvalue weighted by Gasteiger charge is -2.22. The number of fused-ring (bicyclic) bond motifs is 1. The van der Waals surface area contributed by atoms with E-state index in [1.807, 2.05) is 6.07 Å². The van der Waals surface area contributed by atoms with E-state index in [1.165, 1.54) is 11.3 Å². The highest BCUT2D eigenvalue weighted by Gasteiger charge is 2.22. The first kappa shape index (κ1) is 12.8. The molecular formula is C15H19N5. The average molecular weight is 269 g/mol. The molecule has 0 radical (unpaired) electrons. The first-order valence-electron chi connectivity index (χ1n) is 6.86. The molecule has 2 aromatic rings. The molecule has 1 N–H and O–H groups in total. The fourth-order valence-electron chi connectivity index (χ4n) is 2.40. The Morgan fingerprint density at radius 2 is 2.00 bits per heavy atom. The number of rotatable bonds is 2. The van der Waals surface area contributed by atoms with Crippen LogP contribution in [0.2, 0.25) is 0 Å². The highest BCUT2D eigenvalue weighted by Crippen LogP contribution is 2.32. The van der Waals surface area contributed by atoms with Crippen molar-refractivity contribution in [3.8, 4) is 0 Å². The third-order valence-electron chi connectivity index (χ3n) is 3.18. The predicted molar refractivity (Wildman–Crippen MR) is 80.4 cm³/mol. The van der Waals surface area contributed by atoms with Crippen molar-refractivity contribution in [1.29, 1.82) is 0 Å². The second-order valence-electron chi connectivity index (χ2n) is 6.05. The lowest BCUT2D eigenvalue weighted by Crippen LogP contribution is -2.27. The fourth-order valence-corrected chi connectivity index (χ4v) is 2.40. The van der Waals surface area contributed by atoms with Gasteiger partial charge in [0, 0.05) is 17.8 Å². The molecule has 1 aromatic heterocycles. The second kappa shape index (κ2) is 4.74. The van der Waals surface area contributed by atoms with E-state index in [-0.39, 0.29) is 5.54 Å². The van der Waals surface area contributed by atoms with E-state index < -0.39 is 0 Å². The molecule has 0 atom stereocenters. The van der Waals surface area contributed by atoms with Gasteiger partial charge < -0.3 is 10.2 Å². The number of nitrogens with one attached hydrogen (secondary N) is 1. The number of para-hydroxylation sites is 1. The predicted octanol–water partition coefficient (Wildman–Crippen LogP) is 2.78. The van der Waals surface area contributed by atoms with Crippen LogP contribution in [-0.2, 0) is 6.42 Å². The Morgan fingerprint density at radius 3 is 2.80 bits per heavy atom. The third-order valence-corrected chi connectivity index (χ3v) is 3.18. The molecule has 0 saturated carbocycles. The summed E-state index contributed by atoms with van der Waals surface area (Å²) >= 11 is 0. The molecule has 5 nitrogen and oxygen atoms in total. The van der Waals surface area contributed by atoms with E-state index in [0.29, 0.717) is 5.95 Å². The standard InChI is InChI=1S/C15H19N5/c1-15(2,3)18-13-10-16-19-14(17-13)20-9-8-11-6-4-5-7-12(11)20/h4-7,10H,8-9H2,1-3H3,(H,17,18,19). The number of hydrogen-bond acceptors (Lipinski definition) is 5. The molecule has 2 heterocycles. The quantitative estimate of drug-likeness (QED) is 0.908. The van der Waals surface area contributed by atoms with Crippen LogP contribution in [0, 0.1) is 0 Å². The van der Waals surface area contributed by atoms with Gasteiger partial charge >= 0.3 is 0 Å². The van der Waals surface area contributed by atoms with Crippen molar-refractivity contribution in [3.05, 3.63) is 36.0 Å². The molecule has 0 aliphatic carbocycles. The van der Waals surface area contributed by atoms with Crippen LogP contribution in [0.4, 0.5) is 17.5 Å². The van der Waals surface area contributed by atoms with Gasteiger partial charge in [-0.15, -0.1) is 5.10 Å². The van der Waals surface area contributed by atoms with Crippen LogP contribution in [-0.4, -0.2) is 27.3 Å². The molecule has 0 saturated heterocycles. The first-order valence-corrected chi connectivity index (χ1v) is 6.86. The van der Waals surface area contributed by atoms with Crippen molar-refractivity contribution >= 4 is 17.5 Å². The largest absolute Gasteiger partial charge is 0.364 e. The highest BCUT2D eigenvalue weighted by atomic mass is 15.3. The average Bonchev–Trinajstić information content (AvgIpc) is 2.81. The Morgan fingerprint density at radius 1 is 1.20 bits per heavy atom. The Hall–Kier alpha value is -2.17. The van der Waals surface area contributed by atoms with Crippen molar-refractivity contribution in [3.63, 3.8) is 0 Å². The maximum atomic E-state index is 4.58. The Bertz CT molecular complexity index is 618. The molecule has 104 valence electrons. The Kier molecular flexibility index (Phi) is 3.04. The normalized spacial score (nSPS) is 14.2. The van der Waals surface area contributed by atoms with E-state index in [4.69, 9.17) is 0 Å². The van der Waals surface area contributed by atoms with Gasteiger partial charge in [0.05, 0.1) is 6.20 Å². The van der Waals surface area contributed by atoms with Crippen LogP contribution in [0.25, 0.3) is 0 Å². The summed E-state index contributed by atoms with van der Waals surface area (Å²) in [6, 6.07) is 8.37. The van der Waals surface area contributed by atoms with Crippen LogP contribution in [0.5, 0.6) is 0 Å². The molecule has 1 aromatic carbocycles. The SMILES string of the molecule is CC(C)(C)Nc1cnnc(N2CCc3ccccc32)n1. The number of nitrogens with zero attached hydrogens (tertiary/aromatic N) is 4. The molecule has 0 unspecified atom stereocenters. The zero-order valence-electron chi connectivity index (χ0n) is 12.1. The van der Waals surface area contributed by atoms with Gasteiger partial charge in [0.1, 0.15) is 0 Å². The van der Waals surface area contributed by atoms with E-state index in [1.54, 1.807) is 6.20 Å². The molecule has 0 bridgehead atoms. The third kappa shape index (κ3) is 2.57. The van der Waals surface area contributed by atoms with Crippen LogP contribution in [0.15, 0.2) is 30.5 Å². The first-order chi connectivity index (χ1) is 9.53. The summed E-state index contributed by atoms with van der Waals surface area (Å²) in [6.07, 6.45) is 2.69. The number of benzene rings is 1. The van der Waals surface area contributed by atoms with Gasteiger partial charge in [-0.1, -0.05) is 18.2 Å². The van der Waals surface area contributed by atoms with Gasteiger partial charge in [-0.3, -0.25) is 0 Å². The summed E-state index contributed by atoms with van der Waals surface area (Å²) in [7, 11) is 0. The Labute approximate surface area is 119 Å². The molecule has 1 aliphatic heterocycles. The lowest BCUT2D eigenvalue weighted by molar-refractivity contribution is 0.628. The van der Waals surface area contributed by atoms with Crippen LogP contribution in [0.3, 0.4) is 0 Å². The topological polar surface area (TPSA) is 53.9 Å². The highest BCUT2D eigenvalue weighted by molar-refractivity contribution is 5.65. The monoisotopic (exact) mass is 269 g/mol. The summed E-state index contributed by atoms with van der Waals surface area (Å²) in [4.78, 5) is 6.70. The fraction of sp³-hybridized carbons (Fsp3) is 0.400. The maximum Gasteiger partial charge on any atom is 0.251 e. The summed E-state index contributed by atoms with van der Waals surface area (Å²) in [6.45, 7) is 7.19. The van der Waals surface area contributed by atoms with Crippen molar-refractivity contribution in [2.45, 2.75) is 32.7 Å². The molecule has 1 aliphatic rings. The van der Waals surface area contributed by atoms with Gasteiger partial charge in [-0.25, -0.2) is 0 Å². The van der Waals surface area contributed by atoms with E-state index in [2.05, 4.69) is 64.4 Å². The Balaban J connectivity index is 1.91. The lowest BCUT2D eigenvalue weighted by atomic mass is 10.1. The van der Waals surface area contributed by atoms with E-state index in [9.17, 15) is 0 Å². The van der Waals surface area contributed by atoms with Gasteiger partial charge in [0.15, 0.2) is 5.82 Å². The maximum absolute atomic E-state index is 4.58. The molecule has 20 heavy (non-hydrogen) atoms. The summed E-state index contributed by atoms with van der Waals surface area (Å²) < 4.78 is 0. The summed E-state index contributed by atoms with van der Waals surface area (Å²) in [5.74, 6) is 1.41. The molecule has 0 amide bonds. The van der Waals surface area contributed by atoms with Gasteiger partial charge in [-0.05, 0) is 38.8 Å². The minimum Gasteiger partial charge on any atom is -0.364 e. The number of hydrogen-bond donors (Lipinski definition) is 1. The van der Waals surface area contributed by atoms with E-state index >= 15 is 0 Å². The number of anilines is 3. The molecule has 5 heteroatoms. The summed E-state index contributed by atoms with van der Waals surface area (Å²) in [5.41, 5.74) is 2.48. The summed E-state index contributed by atoms with van der Waals surface area (Å²) in [5, 5.41) is 11.6. The second-order valence-corrected chi connectivity index (χ2v) is 6.05. The molecule has 0 fully saturated rings. The van der Waals surface area contributed by atoms with E-state index in [0.717, 1.165) is 18.8 Å². The van der Waals surface area contributed by atoms with Crippen molar-refractivity contribution in [1.82, 2.24) is 15.2 Å². The van der Waals surface area contributed by atoms with Crippen molar-refractivity contribution in [2.75, 3.05) is 16.8 Å². The molecular weight excluding hydrogens is 250 g/mol. The van der Waals surface area contributed by atoms with Gasteiger partial charge in [0.25, 0.3) is 5.95 Å². The molecule has 0 spiro atoms. The van der Waals surface area contributed by atoms with Crippen LogP contribution >= 0.6 is 0 Å². The zero-order chi connectivity index (χ0) is 14.2. The van der Waals surface area contributed by atoms with Crippen molar-refractivity contribution < 1.29 is 0 Å². The zero-order valence-corrected chi connectivity index (χ0v) is 12.1. The van der Waals surface area contributed by atoms with Gasteiger partial charge in [0.2, 0.25) is 0 Å². The van der Waals surface area contributed by atoms with Gasteiger partial charge in [-0.2, -0.15) is 10.1 Å². The van der Waals surface area contributed by atoms with Crippen molar-refractivity contribution in [2.24, 2.45) is 0 Å². The number of aromatic nitrogens is 3. The minimum atomic E-state index is -0.0454. The van der Waals surface area contributed by atoms with Crippen LogP contribution < -0.4 is 10.2 Å².